The second-order valence-corrected chi connectivity index (χ2v) is 6.69. The number of nitrogens with two attached hydrogens (primary N) is 1. The Labute approximate surface area is 146 Å². The molecule has 0 saturated carbocycles. The van der Waals surface area contributed by atoms with Crippen molar-refractivity contribution < 1.29 is 0 Å². The zero-order valence-electron chi connectivity index (χ0n) is 14.1. The molecular weight excluding hydrogens is 312 g/mol. The number of fused-ring (bicyclic) bond motifs is 1. The van der Waals surface area contributed by atoms with Crippen LogP contribution in [-0.2, 0) is 13.0 Å². The molecule has 1 aliphatic heterocycles. The van der Waals surface area contributed by atoms with E-state index in [-0.39, 0.29) is 0 Å². The molecule has 6 heteroatoms. The summed E-state index contributed by atoms with van der Waals surface area (Å²) in [7, 11) is 0. The Morgan fingerprint density at radius 3 is 2.28 bits per heavy atom. The van der Waals surface area contributed by atoms with E-state index in [0.717, 1.165) is 28.9 Å². The van der Waals surface area contributed by atoms with Gasteiger partial charge in [-0.2, -0.15) is 25.2 Å². The fourth-order valence-electron chi connectivity index (χ4n) is 3.06. The third-order valence-corrected chi connectivity index (χ3v) is 4.41. The van der Waals surface area contributed by atoms with Crippen molar-refractivity contribution in [2.45, 2.75) is 31.8 Å². The smallest absolute Gasteiger partial charge is 0.113 e. The average Bonchev–Trinajstić information content (AvgIpc) is 3.22. The lowest BCUT2D eigenvalue weighted by Gasteiger charge is -2.24. The molecule has 0 fully saturated rings. The van der Waals surface area contributed by atoms with E-state index in [2.05, 4.69) is 32.5 Å². The van der Waals surface area contributed by atoms with Crippen LogP contribution in [0.25, 0.3) is 11.0 Å². The van der Waals surface area contributed by atoms with Crippen LogP contribution in [0.5, 0.6) is 0 Å². The van der Waals surface area contributed by atoms with Crippen LogP contribution in [0.2, 0.25) is 0 Å². The van der Waals surface area contributed by atoms with Gasteiger partial charge in [-0.15, -0.1) is 0 Å². The summed E-state index contributed by atoms with van der Waals surface area (Å²) < 4.78 is 0. The molecule has 1 aromatic heterocycles. The molecule has 2 N–H and O–H groups in total. The van der Waals surface area contributed by atoms with Crippen LogP contribution >= 0.6 is 0 Å². The van der Waals surface area contributed by atoms with E-state index in [9.17, 15) is 0 Å². The first-order valence-electron chi connectivity index (χ1n) is 8.36. The van der Waals surface area contributed by atoms with Crippen molar-refractivity contribution in [2.75, 3.05) is 0 Å². The fraction of sp³-hybridized carbons (Fsp3) is 0.263. The maximum atomic E-state index is 6.53. The molecule has 3 aromatic rings. The second-order valence-electron chi connectivity index (χ2n) is 6.69. The normalized spacial score (nSPS) is 16.6. The third-order valence-electron chi connectivity index (χ3n) is 4.41. The number of nitrogens with zero attached hydrogens (tertiary/aromatic N) is 5. The summed E-state index contributed by atoms with van der Waals surface area (Å²) in [6.45, 7) is 2.54. The molecule has 4 rings (SSSR count). The van der Waals surface area contributed by atoms with Gasteiger partial charge in [0, 0.05) is 6.42 Å². The van der Waals surface area contributed by atoms with E-state index in [1.54, 1.807) is 4.80 Å². The number of benzene rings is 2. The van der Waals surface area contributed by atoms with Gasteiger partial charge in [-0.05, 0) is 31.0 Å². The predicted octanol–water partition coefficient (Wildman–Crippen LogP) is 2.59. The maximum absolute atomic E-state index is 6.53. The van der Waals surface area contributed by atoms with Gasteiger partial charge in [0.05, 0.1) is 17.0 Å². The Morgan fingerprint density at radius 1 is 0.960 bits per heavy atom. The zero-order chi connectivity index (χ0) is 17.3. The minimum absolute atomic E-state index is 0.519. The van der Waals surface area contributed by atoms with Gasteiger partial charge in [0.1, 0.15) is 17.6 Å². The zero-order valence-corrected chi connectivity index (χ0v) is 14.1. The second kappa shape index (κ2) is 6.22. The number of aromatic nitrogens is 3. The molecule has 2 heterocycles. The van der Waals surface area contributed by atoms with Crippen molar-refractivity contribution >= 4 is 22.5 Å². The lowest BCUT2D eigenvalue weighted by atomic mass is 9.87. The third kappa shape index (κ3) is 3.34. The van der Waals surface area contributed by atoms with Crippen LogP contribution in [-0.4, -0.2) is 32.0 Å². The van der Waals surface area contributed by atoms with E-state index < -0.39 is 5.54 Å². The maximum Gasteiger partial charge on any atom is 0.113 e. The van der Waals surface area contributed by atoms with Gasteiger partial charge in [0.15, 0.2) is 0 Å². The molecule has 0 radical (unpaired) electrons. The van der Waals surface area contributed by atoms with E-state index in [0.29, 0.717) is 13.0 Å². The van der Waals surface area contributed by atoms with Gasteiger partial charge in [-0.1, -0.05) is 42.5 Å². The number of hydrogen-bond acceptors (Lipinski definition) is 5. The highest BCUT2D eigenvalue weighted by Crippen LogP contribution is 2.19. The molecule has 126 valence electrons. The highest BCUT2D eigenvalue weighted by Gasteiger charge is 2.30. The molecule has 0 saturated heterocycles. The van der Waals surface area contributed by atoms with Crippen molar-refractivity contribution in [3.05, 3.63) is 60.2 Å². The molecular formula is C19H20N6. The fourth-order valence-corrected chi connectivity index (χ4v) is 3.06. The Morgan fingerprint density at radius 2 is 1.60 bits per heavy atom. The van der Waals surface area contributed by atoms with Crippen molar-refractivity contribution in [3.63, 3.8) is 0 Å². The van der Waals surface area contributed by atoms with E-state index in [1.165, 1.54) is 5.56 Å². The van der Waals surface area contributed by atoms with Crippen molar-refractivity contribution in [3.8, 4) is 0 Å². The summed E-state index contributed by atoms with van der Waals surface area (Å²) in [6.07, 6.45) is 1.40. The number of hydrogen-bond donors (Lipinski definition) is 1. The summed E-state index contributed by atoms with van der Waals surface area (Å²) in [5.74, 6) is 0. The predicted molar refractivity (Wildman–Crippen MR) is 99.8 cm³/mol. The molecule has 25 heavy (non-hydrogen) atoms. The van der Waals surface area contributed by atoms with Crippen LogP contribution in [0.4, 0.5) is 0 Å². The molecule has 2 aromatic carbocycles. The molecule has 6 nitrogen and oxygen atoms in total. The highest BCUT2D eigenvalue weighted by atomic mass is 15.5. The van der Waals surface area contributed by atoms with Crippen molar-refractivity contribution in [1.29, 1.82) is 0 Å². The Bertz CT molecular complexity index is 919. The van der Waals surface area contributed by atoms with Crippen LogP contribution in [0, 0.1) is 0 Å². The molecule has 0 aliphatic carbocycles. The largest absolute Gasteiger partial charge is 0.320 e. The van der Waals surface area contributed by atoms with Gasteiger partial charge in [-0.3, -0.25) is 0 Å². The SMILES string of the molecule is C[C@@](N)(Cc1ccccc1)C1=NN=C(Cn2nc3ccccc3n2)C1. The Kier molecular flexibility index (Phi) is 3.89. The molecule has 1 atom stereocenters. The van der Waals surface area contributed by atoms with Crippen LogP contribution in [0.3, 0.4) is 0 Å². The van der Waals surface area contributed by atoms with E-state index in [4.69, 9.17) is 5.73 Å². The van der Waals surface area contributed by atoms with Crippen molar-refractivity contribution in [1.82, 2.24) is 15.0 Å². The van der Waals surface area contributed by atoms with Crippen LogP contribution in [0.1, 0.15) is 18.9 Å². The van der Waals surface area contributed by atoms with Gasteiger partial charge in [0.2, 0.25) is 0 Å². The summed E-state index contributed by atoms with van der Waals surface area (Å²) in [5.41, 5.74) is 10.8. The minimum atomic E-state index is -0.519. The van der Waals surface area contributed by atoms with E-state index in [1.807, 2.05) is 49.4 Å². The van der Waals surface area contributed by atoms with Crippen LogP contribution in [0.15, 0.2) is 64.8 Å². The molecule has 0 spiro atoms. The molecule has 0 amide bonds. The van der Waals surface area contributed by atoms with Gasteiger partial charge < -0.3 is 5.73 Å². The van der Waals surface area contributed by atoms with Gasteiger partial charge in [0.25, 0.3) is 0 Å². The summed E-state index contributed by atoms with van der Waals surface area (Å²) in [6, 6.07) is 18.0. The van der Waals surface area contributed by atoms with Gasteiger partial charge >= 0.3 is 0 Å². The first-order valence-corrected chi connectivity index (χ1v) is 8.36. The Hall–Kier alpha value is -2.86. The van der Waals surface area contributed by atoms with E-state index >= 15 is 0 Å². The average molecular weight is 332 g/mol. The van der Waals surface area contributed by atoms with Gasteiger partial charge in [-0.25, -0.2) is 0 Å². The Balaban J connectivity index is 1.43. The molecule has 1 aliphatic rings. The van der Waals surface area contributed by atoms with Crippen LogP contribution < -0.4 is 5.73 Å². The summed E-state index contributed by atoms with van der Waals surface area (Å²) >= 11 is 0. The highest BCUT2D eigenvalue weighted by molar-refractivity contribution is 6.11. The minimum Gasteiger partial charge on any atom is -0.320 e. The topological polar surface area (TPSA) is 81.5 Å². The lowest BCUT2D eigenvalue weighted by molar-refractivity contribution is 0.611. The first-order chi connectivity index (χ1) is 12.1. The molecule has 0 bridgehead atoms. The first kappa shape index (κ1) is 15.7. The summed E-state index contributed by atoms with van der Waals surface area (Å²) in [4.78, 5) is 1.67. The summed E-state index contributed by atoms with van der Waals surface area (Å²) in [5, 5.41) is 17.6. The monoisotopic (exact) mass is 332 g/mol. The lowest BCUT2D eigenvalue weighted by Crippen LogP contribution is -2.47. The standard InChI is InChI=1S/C19H20N6/c1-19(20,12-14-7-3-2-4-8-14)18-11-15(21-22-18)13-25-23-16-9-5-6-10-17(16)24-25/h2-10H,11-13,20H2,1H3/t19-/m1/s1. The molecule has 0 unspecified atom stereocenters. The number of rotatable bonds is 5. The quantitative estimate of drug-likeness (QED) is 0.779. The van der Waals surface area contributed by atoms with Crippen molar-refractivity contribution in [2.24, 2.45) is 15.9 Å².